The molecule has 0 radical (unpaired) electrons. The lowest BCUT2D eigenvalue weighted by Gasteiger charge is -2.15. The summed E-state index contributed by atoms with van der Waals surface area (Å²) in [6, 6.07) is 7.25. The fourth-order valence-corrected chi connectivity index (χ4v) is 2.03. The zero-order valence-corrected chi connectivity index (χ0v) is 10.4. The molecule has 0 atom stereocenters. The van der Waals surface area contributed by atoms with Crippen LogP contribution in [0.2, 0.25) is 0 Å². The summed E-state index contributed by atoms with van der Waals surface area (Å²) in [7, 11) is 0. The quantitative estimate of drug-likeness (QED) is 0.772. The van der Waals surface area contributed by atoms with Gasteiger partial charge in [0, 0.05) is 18.7 Å². The Morgan fingerprint density at radius 1 is 1.24 bits per heavy atom. The van der Waals surface area contributed by atoms with Gasteiger partial charge in [0.15, 0.2) is 0 Å². The zero-order chi connectivity index (χ0) is 12.1. The van der Waals surface area contributed by atoms with Crippen molar-refractivity contribution in [1.29, 1.82) is 0 Å². The van der Waals surface area contributed by atoms with Gasteiger partial charge in [-0.15, -0.1) is 11.6 Å². The molecule has 0 aromatic heterocycles. The minimum absolute atomic E-state index is 0.117. The predicted octanol–water partition coefficient (Wildman–Crippen LogP) is 2.54. The van der Waals surface area contributed by atoms with Crippen molar-refractivity contribution >= 4 is 17.5 Å². The van der Waals surface area contributed by atoms with Gasteiger partial charge in [0.1, 0.15) is 12.4 Å². The SMILES string of the molecule is O=C(c1ccc(OCCCl)cc1)N1CCCC1. The van der Waals surface area contributed by atoms with Crippen LogP contribution in [0.5, 0.6) is 5.75 Å². The molecule has 0 N–H and O–H groups in total. The summed E-state index contributed by atoms with van der Waals surface area (Å²) in [5.41, 5.74) is 0.727. The fourth-order valence-electron chi connectivity index (χ4n) is 1.95. The maximum atomic E-state index is 12.0. The molecule has 1 aromatic carbocycles. The van der Waals surface area contributed by atoms with Gasteiger partial charge < -0.3 is 9.64 Å². The average Bonchev–Trinajstić information content (AvgIpc) is 2.90. The number of carbonyl (C=O) groups is 1. The highest BCUT2D eigenvalue weighted by Gasteiger charge is 2.19. The van der Waals surface area contributed by atoms with E-state index < -0.39 is 0 Å². The van der Waals surface area contributed by atoms with Gasteiger partial charge in [-0.05, 0) is 37.1 Å². The van der Waals surface area contributed by atoms with Crippen molar-refractivity contribution in [3.05, 3.63) is 29.8 Å². The molecule has 2 rings (SSSR count). The van der Waals surface area contributed by atoms with Crippen molar-refractivity contribution in [3.8, 4) is 5.75 Å². The maximum absolute atomic E-state index is 12.0. The lowest BCUT2D eigenvalue weighted by molar-refractivity contribution is 0.0793. The van der Waals surface area contributed by atoms with E-state index in [0.29, 0.717) is 12.5 Å². The summed E-state index contributed by atoms with van der Waals surface area (Å²) in [5.74, 6) is 1.34. The molecule has 0 saturated carbocycles. The summed E-state index contributed by atoms with van der Waals surface area (Å²) >= 11 is 5.53. The van der Waals surface area contributed by atoms with E-state index in [1.807, 2.05) is 29.2 Å². The van der Waals surface area contributed by atoms with Crippen molar-refractivity contribution < 1.29 is 9.53 Å². The highest BCUT2D eigenvalue weighted by atomic mass is 35.5. The van der Waals surface area contributed by atoms with Gasteiger partial charge in [0.2, 0.25) is 0 Å². The third-order valence-corrected chi connectivity index (χ3v) is 2.99. The second kappa shape index (κ2) is 5.92. The summed E-state index contributed by atoms with van der Waals surface area (Å²) in [6.45, 7) is 2.24. The van der Waals surface area contributed by atoms with Crippen LogP contribution in [0.1, 0.15) is 23.2 Å². The first-order valence-corrected chi connectivity index (χ1v) is 6.43. The molecule has 1 fully saturated rings. The lowest BCUT2D eigenvalue weighted by Crippen LogP contribution is -2.27. The highest BCUT2D eigenvalue weighted by Crippen LogP contribution is 2.16. The topological polar surface area (TPSA) is 29.5 Å². The van der Waals surface area contributed by atoms with Gasteiger partial charge in [-0.1, -0.05) is 0 Å². The van der Waals surface area contributed by atoms with Crippen molar-refractivity contribution in [1.82, 2.24) is 4.90 Å². The zero-order valence-electron chi connectivity index (χ0n) is 9.69. The third kappa shape index (κ3) is 3.13. The summed E-state index contributed by atoms with van der Waals surface area (Å²) in [5, 5.41) is 0. The maximum Gasteiger partial charge on any atom is 0.253 e. The number of amides is 1. The van der Waals surface area contributed by atoms with E-state index in [4.69, 9.17) is 16.3 Å². The normalized spacial score (nSPS) is 15.0. The van der Waals surface area contributed by atoms with Crippen LogP contribution in [0.25, 0.3) is 0 Å². The van der Waals surface area contributed by atoms with Gasteiger partial charge in [-0.2, -0.15) is 0 Å². The van der Waals surface area contributed by atoms with E-state index in [1.54, 1.807) is 0 Å². The number of rotatable bonds is 4. The molecule has 1 heterocycles. The number of carbonyl (C=O) groups excluding carboxylic acids is 1. The first-order chi connectivity index (χ1) is 8.31. The fraction of sp³-hybridized carbons (Fsp3) is 0.462. The molecule has 92 valence electrons. The molecule has 17 heavy (non-hydrogen) atoms. The number of alkyl halides is 1. The Balaban J connectivity index is 1.99. The molecule has 1 saturated heterocycles. The Hall–Kier alpha value is -1.22. The average molecular weight is 254 g/mol. The molecule has 0 spiro atoms. The highest BCUT2D eigenvalue weighted by molar-refractivity contribution is 6.18. The van der Waals surface area contributed by atoms with Crippen LogP contribution >= 0.6 is 11.6 Å². The smallest absolute Gasteiger partial charge is 0.253 e. The molecule has 0 aliphatic carbocycles. The summed E-state index contributed by atoms with van der Waals surface area (Å²) in [6.07, 6.45) is 2.23. The van der Waals surface area contributed by atoms with Crippen LogP contribution in [0.15, 0.2) is 24.3 Å². The van der Waals surface area contributed by atoms with Crippen molar-refractivity contribution in [2.24, 2.45) is 0 Å². The number of likely N-dealkylation sites (tertiary alicyclic amines) is 1. The Morgan fingerprint density at radius 2 is 1.88 bits per heavy atom. The number of nitrogens with zero attached hydrogens (tertiary/aromatic N) is 1. The molecule has 4 heteroatoms. The molecule has 1 aromatic rings. The number of halogens is 1. The van der Waals surface area contributed by atoms with Crippen LogP contribution in [-0.2, 0) is 0 Å². The number of ether oxygens (including phenoxy) is 1. The molecule has 3 nitrogen and oxygen atoms in total. The minimum Gasteiger partial charge on any atom is -0.492 e. The van der Waals surface area contributed by atoms with E-state index in [0.717, 1.165) is 37.2 Å². The molecular weight excluding hydrogens is 238 g/mol. The van der Waals surface area contributed by atoms with Gasteiger partial charge in [0.05, 0.1) is 5.88 Å². The number of hydrogen-bond donors (Lipinski definition) is 0. The number of benzene rings is 1. The van der Waals surface area contributed by atoms with E-state index in [-0.39, 0.29) is 5.91 Å². The van der Waals surface area contributed by atoms with Gasteiger partial charge in [0.25, 0.3) is 5.91 Å². The van der Waals surface area contributed by atoms with Gasteiger partial charge >= 0.3 is 0 Å². The molecule has 1 aliphatic heterocycles. The Bertz CT molecular complexity index is 372. The van der Waals surface area contributed by atoms with Crippen LogP contribution in [0.3, 0.4) is 0 Å². The molecule has 1 aliphatic rings. The van der Waals surface area contributed by atoms with Gasteiger partial charge in [-0.25, -0.2) is 0 Å². The standard InChI is InChI=1S/C13H16ClNO2/c14-7-10-17-12-5-3-11(4-6-12)13(16)15-8-1-2-9-15/h3-6H,1-2,7-10H2. The number of hydrogen-bond acceptors (Lipinski definition) is 2. The van der Waals surface area contributed by atoms with Crippen LogP contribution in [0, 0.1) is 0 Å². The summed E-state index contributed by atoms with van der Waals surface area (Å²) in [4.78, 5) is 13.9. The second-order valence-electron chi connectivity index (χ2n) is 4.06. The van der Waals surface area contributed by atoms with E-state index in [1.165, 1.54) is 0 Å². The lowest BCUT2D eigenvalue weighted by atomic mass is 10.2. The summed E-state index contributed by atoms with van der Waals surface area (Å²) < 4.78 is 5.36. The van der Waals surface area contributed by atoms with E-state index >= 15 is 0 Å². The largest absolute Gasteiger partial charge is 0.492 e. The van der Waals surface area contributed by atoms with Crippen molar-refractivity contribution in [2.75, 3.05) is 25.6 Å². The Labute approximate surface area is 106 Å². The minimum atomic E-state index is 0.117. The Morgan fingerprint density at radius 3 is 2.47 bits per heavy atom. The Kier molecular flexibility index (Phi) is 4.26. The first kappa shape index (κ1) is 12.2. The first-order valence-electron chi connectivity index (χ1n) is 5.89. The van der Waals surface area contributed by atoms with Crippen molar-refractivity contribution in [2.45, 2.75) is 12.8 Å². The molecule has 1 amide bonds. The predicted molar refractivity (Wildman–Crippen MR) is 67.8 cm³/mol. The van der Waals surface area contributed by atoms with E-state index in [2.05, 4.69) is 0 Å². The van der Waals surface area contributed by atoms with Crippen LogP contribution in [0.4, 0.5) is 0 Å². The molecule has 0 bridgehead atoms. The van der Waals surface area contributed by atoms with Crippen LogP contribution < -0.4 is 4.74 Å². The van der Waals surface area contributed by atoms with Crippen molar-refractivity contribution in [3.63, 3.8) is 0 Å². The van der Waals surface area contributed by atoms with Crippen LogP contribution in [-0.4, -0.2) is 36.4 Å². The molecular formula is C13H16ClNO2. The molecule has 0 unspecified atom stereocenters. The third-order valence-electron chi connectivity index (χ3n) is 2.84. The second-order valence-corrected chi connectivity index (χ2v) is 4.44. The van der Waals surface area contributed by atoms with E-state index in [9.17, 15) is 4.79 Å². The van der Waals surface area contributed by atoms with Gasteiger partial charge in [-0.3, -0.25) is 4.79 Å². The monoisotopic (exact) mass is 253 g/mol.